The number of nitrogens with one attached hydrogen (secondary N) is 1. The van der Waals surface area contributed by atoms with Crippen LogP contribution in [0.1, 0.15) is 34.8 Å². The number of amides is 1. The van der Waals surface area contributed by atoms with Gasteiger partial charge >= 0.3 is 0 Å². The minimum Gasteiger partial charge on any atom is -0.494 e. The van der Waals surface area contributed by atoms with Crippen molar-refractivity contribution in [2.24, 2.45) is 0 Å². The Kier molecular flexibility index (Phi) is 5.48. The SMILES string of the molecule is CCCOc1ccc2c(c1)CCN(c1ccc(C(=O)Nc3nncs3)cn1)C2. The third-order valence-electron chi connectivity index (χ3n) is 4.58. The zero-order valence-electron chi connectivity index (χ0n) is 15.6. The number of hydrogen-bond donors (Lipinski definition) is 1. The lowest BCUT2D eigenvalue weighted by Crippen LogP contribution is -2.31. The number of ether oxygens (including phenoxy) is 1. The lowest BCUT2D eigenvalue weighted by molar-refractivity contribution is 0.102. The fourth-order valence-corrected chi connectivity index (χ4v) is 3.58. The van der Waals surface area contributed by atoms with Crippen LogP contribution < -0.4 is 15.0 Å². The van der Waals surface area contributed by atoms with E-state index >= 15 is 0 Å². The molecule has 28 heavy (non-hydrogen) atoms. The summed E-state index contributed by atoms with van der Waals surface area (Å²) in [6.07, 6.45) is 3.55. The van der Waals surface area contributed by atoms with Gasteiger partial charge in [0.05, 0.1) is 12.2 Å². The standard InChI is InChI=1S/C20H21N5O2S/c1-2-9-27-17-5-3-16-12-25(8-7-14(16)10-17)18-6-4-15(11-21-18)19(26)23-20-24-22-13-28-20/h3-6,10-11,13H,2,7-9,12H2,1H3,(H,23,24,26). The van der Waals surface area contributed by atoms with E-state index in [1.807, 2.05) is 12.1 Å². The second-order valence-corrected chi connectivity index (χ2v) is 7.39. The second kappa shape index (κ2) is 8.35. The summed E-state index contributed by atoms with van der Waals surface area (Å²) in [5, 5.41) is 10.7. The van der Waals surface area contributed by atoms with Gasteiger partial charge in [-0.15, -0.1) is 10.2 Å². The van der Waals surface area contributed by atoms with E-state index in [1.54, 1.807) is 17.8 Å². The van der Waals surface area contributed by atoms with Gasteiger partial charge in [0.1, 0.15) is 17.1 Å². The zero-order chi connectivity index (χ0) is 19.3. The molecule has 4 rings (SSSR count). The molecular weight excluding hydrogens is 374 g/mol. The first-order valence-electron chi connectivity index (χ1n) is 9.26. The molecule has 1 aliphatic rings. The molecule has 8 heteroatoms. The number of pyridine rings is 1. The largest absolute Gasteiger partial charge is 0.494 e. The molecule has 0 saturated carbocycles. The van der Waals surface area contributed by atoms with Gasteiger partial charge in [-0.3, -0.25) is 10.1 Å². The van der Waals surface area contributed by atoms with Gasteiger partial charge in [0, 0.05) is 19.3 Å². The number of carbonyl (C=O) groups is 1. The van der Waals surface area contributed by atoms with Crippen LogP contribution in [0.25, 0.3) is 0 Å². The Bertz CT molecular complexity index is 944. The van der Waals surface area contributed by atoms with E-state index in [9.17, 15) is 4.79 Å². The first-order chi connectivity index (χ1) is 13.7. The molecule has 1 N–H and O–H groups in total. The van der Waals surface area contributed by atoms with Gasteiger partial charge in [-0.25, -0.2) is 4.98 Å². The Hall–Kier alpha value is -3.00. The maximum atomic E-state index is 12.2. The molecule has 0 aliphatic carbocycles. The van der Waals surface area contributed by atoms with Crippen LogP contribution in [0.15, 0.2) is 42.0 Å². The van der Waals surface area contributed by atoms with Crippen molar-refractivity contribution in [1.29, 1.82) is 0 Å². The minimum atomic E-state index is -0.237. The molecule has 7 nitrogen and oxygen atoms in total. The summed E-state index contributed by atoms with van der Waals surface area (Å²) in [4.78, 5) is 18.9. The van der Waals surface area contributed by atoms with Crippen LogP contribution in [0.4, 0.5) is 10.9 Å². The zero-order valence-corrected chi connectivity index (χ0v) is 16.4. The molecular formula is C20H21N5O2S. The van der Waals surface area contributed by atoms with Gasteiger partial charge in [-0.2, -0.15) is 0 Å². The van der Waals surface area contributed by atoms with E-state index in [2.05, 4.69) is 44.5 Å². The number of rotatable bonds is 6. The summed E-state index contributed by atoms with van der Waals surface area (Å²) in [6.45, 7) is 4.53. The summed E-state index contributed by atoms with van der Waals surface area (Å²) in [5.74, 6) is 1.57. The lowest BCUT2D eigenvalue weighted by atomic mass is 9.99. The van der Waals surface area contributed by atoms with Crippen molar-refractivity contribution < 1.29 is 9.53 Å². The first kappa shape index (κ1) is 18.4. The monoisotopic (exact) mass is 395 g/mol. The third-order valence-corrected chi connectivity index (χ3v) is 5.18. The van der Waals surface area contributed by atoms with Crippen LogP contribution in [-0.2, 0) is 13.0 Å². The van der Waals surface area contributed by atoms with Crippen molar-refractivity contribution in [1.82, 2.24) is 15.2 Å². The van der Waals surface area contributed by atoms with Gasteiger partial charge in [0.15, 0.2) is 0 Å². The highest BCUT2D eigenvalue weighted by molar-refractivity contribution is 7.13. The average molecular weight is 395 g/mol. The second-order valence-electron chi connectivity index (χ2n) is 6.55. The number of aromatic nitrogens is 3. The van der Waals surface area contributed by atoms with E-state index in [-0.39, 0.29) is 5.91 Å². The van der Waals surface area contributed by atoms with E-state index in [4.69, 9.17) is 4.74 Å². The molecule has 2 aromatic heterocycles. The number of carbonyl (C=O) groups excluding carboxylic acids is 1. The number of benzene rings is 1. The predicted molar refractivity (Wildman–Crippen MR) is 109 cm³/mol. The molecule has 1 aliphatic heterocycles. The fourth-order valence-electron chi connectivity index (χ4n) is 3.14. The Morgan fingerprint density at radius 1 is 1.29 bits per heavy atom. The molecule has 0 bridgehead atoms. The quantitative estimate of drug-likeness (QED) is 0.688. The van der Waals surface area contributed by atoms with Gasteiger partial charge < -0.3 is 9.64 Å². The molecule has 0 fully saturated rings. The Morgan fingerprint density at radius 2 is 2.21 bits per heavy atom. The van der Waals surface area contributed by atoms with E-state index in [0.717, 1.165) is 44.1 Å². The molecule has 0 saturated heterocycles. The molecule has 1 aromatic carbocycles. The molecule has 1 amide bonds. The predicted octanol–water partition coefficient (Wildman–Crippen LogP) is 3.54. The van der Waals surface area contributed by atoms with Crippen LogP contribution in [0.3, 0.4) is 0 Å². The lowest BCUT2D eigenvalue weighted by Gasteiger charge is -2.30. The van der Waals surface area contributed by atoms with Gasteiger partial charge in [0.25, 0.3) is 5.91 Å². The van der Waals surface area contributed by atoms with Crippen LogP contribution >= 0.6 is 11.3 Å². The molecule has 0 spiro atoms. The molecule has 0 atom stereocenters. The minimum absolute atomic E-state index is 0.237. The fraction of sp³-hybridized carbons (Fsp3) is 0.300. The smallest absolute Gasteiger partial charge is 0.259 e. The van der Waals surface area contributed by atoms with Crippen LogP contribution in [-0.4, -0.2) is 34.2 Å². The normalized spacial score (nSPS) is 13.1. The third kappa shape index (κ3) is 4.12. The van der Waals surface area contributed by atoms with E-state index in [0.29, 0.717) is 10.7 Å². The average Bonchev–Trinajstić information content (AvgIpc) is 3.25. The number of anilines is 2. The van der Waals surface area contributed by atoms with Gasteiger partial charge in [-0.1, -0.05) is 24.3 Å². The maximum Gasteiger partial charge on any atom is 0.259 e. The highest BCUT2D eigenvalue weighted by Gasteiger charge is 2.18. The summed E-state index contributed by atoms with van der Waals surface area (Å²) in [7, 11) is 0. The van der Waals surface area contributed by atoms with Crippen molar-refractivity contribution in [3.8, 4) is 5.75 Å². The molecule has 3 heterocycles. The van der Waals surface area contributed by atoms with Crippen LogP contribution in [0.2, 0.25) is 0 Å². The van der Waals surface area contributed by atoms with Gasteiger partial charge in [-0.05, 0) is 48.2 Å². The number of nitrogens with zero attached hydrogens (tertiary/aromatic N) is 4. The van der Waals surface area contributed by atoms with Crippen LogP contribution in [0.5, 0.6) is 5.75 Å². The summed E-state index contributed by atoms with van der Waals surface area (Å²) >= 11 is 1.28. The van der Waals surface area contributed by atoms with Crippen molar-refractivity contribution in [2.75, 3.05) is 23.4 Å². The number of fused-ring (bicyclic) bond motifs is 1. The van der Waals surface area contributed by atoms with E-state index < -0.39 is 0 Å². The Balaban J connectivity index is 1.42. The number of hydrogen-bond acceptors (Lipinski definition) is 7. The molecule has 0 radical (unpaired) electrons. The first-order valence-corrected chi connectivity index (χ1v) is 10.1. The summed E-state index contributed by atoms with van der Waals surface area (Å²) in [6, 6.07) is 9.99. The summed E-state index contributed by atoms with van der Waals surface area (Å²) in [5.41, 5.74) is 4.69. The molecule has 3 aromatic rings. The van der Waals surface area contributed by atoms with Crippen LogP contribution in [0, 0.1) is 0 Å². The maximum absolute atomic E-state index is 12.2. The Morgan fingerprint density at radius 3 is 2.96 bits per heavy atom. The molecule has 144 valence electrons. The summed E-state index contributed by atoms with van der Waals surface area (Å²) < 4.78 is 5.73. The highest BCUT2D eigenvalue weighted by atomic mass is 32.1. The van der Waals surface area contributed by atoms with Gasteiger partial charge in [0.2, 0.25) is 5.13 Å². The van der Waals surface area contributed by atoms with Crippen molar-refractivity contribution >= 4 is 28.2 Å². The topological polar surface area (TPSA) is 80.2 Å². The Labute approximate surface area is 167 Å². The van der Waals surface area contributed by atoms with Crippen molar-refractivity contribution in [3.63, 3.8) is 0 Å². The van der Waals surface area contributed by atoms with Crippen molar-refractivity contribution in [2.45, 2.75) is 26.3 Å². The molecule has 0 unspecified atom stereocenters. The highest BCUT2D eigenvalue weighted by Crippen LogP contribution is 2.26. The van der Waals surface area contributed by atoms with E-state index in [1.165, 1.54) is 22.5 Å². The van der Waals surface area contributed by atoms with Crippen molar-refractivity contribution in [3.05, 3.63) is 58.7 Å².